The number of benzene rings is 6. The van der Waals surface area contributed by atoms with Gasteiger partial charge in [-0.3, -0.25) is 0 Å². The summed E-state index contributed by atoms with van der Waals surface area (Å²) in [5, 5.41) is 0. The summed E-state index contributed by atoms with van der Waals surface area (Å²) in [5.41, 5.74) is 3.26. The summed E-state index contributed by atoms with van der Waals surface area (Å²) in [5.74, 6) is -2.00. The number of methoxy groups -OCH3 is 1. The first-order valence-electron chi connectivity index (χ1n) is 22.6. The Kier molecular flexibility index (Phi) is 17.6. The Morgan fingerprint density at radius 1 is 0.485 bits per heavy atom. The maximum Gasteiger partial charge on any atom is 0.338 e. The Labute approximate surface area is 400 Å². The van der Waals surface area contributed by atoms with Crippen molar-refractivity contribution in [1.29, 1.82) is 0 Å². The molecule has 2 aliphatic rings. The van der Waals surface area contributed by atoms with Crippen LogP contribution < -0.4 is 0 Å². The molecule has 2 aliphatic heterocycles. The summed E-state index contributed by atoms with van der Waals surface area (Å²) in [6.07, 6.45) is -7.42. The highest BCUT2D eigenvalue weighted by atomic mass is 32.2. The second-order valence-corrected chi connectivity index (χ2v) is 17.4. The number of carbonyl (C=O) groups excluding carboxylic acids is 3. The summed E-state index contributed by atoms with van der Waals surface area (Å²) in [4.78, 5) is 41.7. The monoisotopic (exact) mass is 938 g/mol. The van der Waals surface area contributed by atoms with Gasteiger partial charge >= 0.3 is 17.9 Å². The number of esters is 3. The summed E-state index contributed by atoms with van der Waals surface area (Å²) < 4.78 is 57.7. The fourth-order valence-corrected chi connectivity index (χ4v) is 9.24. The van der Waals surface area contributed by atoms with Gasteiger partial charge < -0.3 is 42.6 Å². The third kappa shape index (κ3) is 13.3. The molecular weight excluding hydrogens is 885 g/mol. The molecule has 0 saturated carbocycles. The average molecular weight is 939 g/mol. The third-order valence-corrected chi connectivity index (χ3v) is 12.7. The Bertz CT molecular complexity index is 2450. The summed E-state index contributed by atoms with van der Waals surface area (Å²) in [7, 11) is 1.40. The minimum absolute atomic E-state index is 0.147. The summed E-state index contributed by atoms with van der Waals surface area (Å²) in [6.45, 7) is 1.23. The van der Waals surface area contributed by atoms with E-state index in [1.165, 1.54) is 18.9 Å². The zero-order chi connectivity index (χ0) is 46.9. The standard InChI is InChI=1S/C55H54O12S/c1-59-55-51(67-54(58)43-30-18-7-19-31-43)50(66-53(57)42-28-16-6-17-29-42)49(65-52(56)41-26-14-5-15-27-41)46(64-55)37-68-47-32-44(61-34-39-22-10-3-11-23-39)48(62-35-40-24-12-4-13-25-40)45(63-47)36-60-33-38-20-8-2-9-21-38/h2-31,44-51,55H,32-37H2,1H3/t44-,45-,46-,47-,48-,49-,50+,51-,55+/m1/s1. The van der Waals surface area contributed by atoms with Crippen LogP contribution in [0.3, 0.4) is 0 Å². The molecule has 13 heteroatoms. The van der Waals surface area contributed by atoms with Gasteiger partial charge in [-0.05, 0) is 53.1 Å². The van der Waals surface area contributed by atoms with Crippen molar-refractivity contribution in [3.8, 4) is 0 Å². The normalized spacial score (nSPS) is 23.5. The Hall–Kier alpha value is -6.16. The highest BCUT2D eigenvalue weighted by Gasteiger charge is 2.53. The van der Waals surface area contributed by atoms with Crippen LogP contribution in [0.25, 0.3) is 0 Å². The average Bonchev–Trinajstić information content (AvgIpc) is 3.39. The molecule has 0 bridgehead atoms. The molecule has 0 spiro atoms. The molecule has 0 radical (unpaired) electrons. The van der Waals surface area contributed by atoms with Crippen molar-refractivity contribution in [3.63, 3.8) is 0 Å². The van der Waals surface area contributed by atoms with E-state index in [1.54, 1.807) is 91.0 Å². The quantitative estimate of drug-likeness (QED) is 0.0532. The molecule has 0 aliphatic carbocycles. The molecule has 0 amide bonds. The predicted molar refractivity (Wildman–Crippen MR) is 254 cm³/mol. The van der Waals surface area contributed by atoms with Crippen molar-refractivity contribution in [3.05, 3.63) is 215 Å². The topological polar surface area (TPSA) is 134 Å². The van der Waals surface area contributed by atoms with Crippen LogP contribution in [0.15, 0.2) is 182 Å². The van der Waals surface area contributed by atoms with Gasteiger partial charge in [0.2, 0.25) is 0 Å². The van der Waals surface area contributed by atoms with Gasteiger partial charge in [0.15, 0.2) is 24.6 Å². The van der Waals surface area contributed by atoms with E-state index in [0.717, 1.165) is 16.7 Å². The number of carbonyl (C=O) groups is 3. The van der Waals surface area contributed by atoms with Crippen molar-refractivity contribution >= 4 is 29.7 Å². The maximum absolute atomic E-state index is 14.0. The SMILES string of the molecule is CO[C@H]1O[C@H](CS[C@@H]2C[C@@H](OCc3ccccc3)[C@@H](OCc3ccccc3)[C@@H](COCc3ccccc3)O2)[C@@H](OC(=O)c2ccccc2)[C@H](OC(=O)c2ccccc2)[C@H]1OC(=O)c1ccccc1. The first-order valence-corrected chi connectivity index (χ1v) is 23.6. The van der Waals surface area contributed by atoms with Crippen LogP contribution in [0.4, 0.5) is 0 Å². The second kappa shape index (κ2) is 24.7. The molecule has 8 rings (SSSR count). The van der Waals surface area contributed by atoms with E-state index in [2.05, 4.69) is 0 Å². The largest absolute Gasteiger partial charge is 0.452 e. The number of hydrogen-bond donors (Lipinski definition) is 0. The van der Waals surface area contributed by atoms with Gasteiger partial charge in [-0.25, -0.2) is 14.4 Å². The van der Waals surface area contributed by atoms with Crippen LogP contribution in [-0.2, 0) is 62.5 Å². The molecule has 2 fully saturated rings. The molecule has 6 aromatic carbocycles. The van der Waals surface area contributed by atoms with E-state index in [-0.39, 0.29) is 29.1 Å². The van der Waals surface area contributed by atoms with Gasteiger partial charge in [0.1, 0.15) is 23.7 Å². The van der Waals surface area contributed by atoms with Crippen molar-refractivity contribution in [2.24, 2.45) is 0 Å². The Morgan fingerprint density at radius 2 is 0.912 bits per heavy atom. The highest BCUT2D eigenvalue weighted by molar-refractivity contribution is 7.99. The number of thioether (sulfide) groups is 1. The Balaban J connectivity index is 1.09. The lowest BCUT2D eigenvalue weighted by atomic mass is 9.98. The van der Waals surface area contributed by atoms with E-state index in [9.17, 15) is 14.4 Å². The molecule has 9 atom stereocenters. The number of rotatable bonds is 20. The van der Waals surface area contributed by atoms with Gasteiger partial charge in [0.05, 0.1) is 49.2 Å². The van der Waals surface area contributed by atoms with Crippen LogP contribution in [0.2, 0.25) is 0 Å². The Morgan fingerprint density at radius 3 is 1.40 bits per heavy atom. The molecule has 0 N–H and O–H groups in total. The number of ether oxygens (including phenoxy) is 9. The lowest BCUT2D eigenvalue weighted by Gasteiger charge is -2.45. The molecule has 0 unspecified atom stereocenters. The van der Waals surface area contributed by atoms with Gasteiger partial charge in [-0.2, -0.15) is 0 Å². The van der Waals surface area contributed by atoms with Crippen LogP contribution in [-0.4, -0.2) is 91.8 Å². The van der Waals surface area contributed by atoms with E-state index in [4.69, 9.17) is 42.6 Å². The first-order chi connectivity index (χ1) is 33.4. The van der Waals surface area contributed by atoms with Crippen molar-refractivity contribution < 1.29 is 57.0 Å². The zero-order valence-electron chi connectivity index (χ0n) is 37.6. The first kappa shape index (κ1) is 48.3. The maximum atomic E-state index is 14.0. The van der Waals surface area contributed by atoms with E-state index in [1.807, 2.05) is 91.0 Å². The fraction of sp³-hybridized carbons (Fsp3) is 0.291. The van der Waals surface area contributed by atoms with Crippen LogP contribution in [0.5, 0.6) is 0 Å². The predicted octanol–water partition coefficient (Wildman–Crippen LogP) is 9.27. The van der Waals surface area contributed by atoms with Crippen LogP contribution in [0, 0.1) is 0 Å². The van der Waals surface area contributed by atoms with E-state index >= 15 is 0 Å². The molecule has 12 nitrogen and oxygen atoms in total. The molecular formula is C55H54O12S. The fourth-order valence-electron chi connectivity index (χ4n) is 8.03. The van der Waals surface area contributed by atoms with Gasteiger partial charge in [-0.15, -0.1) is 11.8 Å². The lowest BCUT2D eigenvalue weighted by molar-refractivity contribution is -0.282. The molecule has 0 aromatic heterocycles. The van der Waals surface area contributed by atoms with Crippen molar-refractivity contribution in [1.82, 2.24) is 0 Å². The minimum atomic E-state index is -1.39. The third-order valence-electron chi connectivity index (χ3n) is 11.5. The van der Waals surface area contributed by atoms with Gasteiger partial charge in [0.25, 0.3) is 0 Å². The summed E-state index contributed by atoms with van der Waals surface area (Å²) in [6, 6.07) is 55.0. The van der Waals surface area contributed by atoms with Gasteiger partial charge in [0, 0.05) is 19.3 Å². The molecule has 2 saturated heterocycles. The molecule has 2 heterocycles. The van der Waals surface area contributed by atoms with Crippen LogP contribution in [0.1, 0.15) is 54.2 Å². The molecule has 68 heavy (non-hydrogen) atoms. The summed E-state index contributed by atoms with van der Waals surface area (Å²) >= 11 is 1.41. The van der Waals surface area contributed by atoms with E-state index in [0.29, 0.717) is 26.2 Å². The van der Waals surface area contributed by atoms with Crippen molar-refractivity contribution in [2.75, 3.05) is 19.5 Å². The minimum Gasteiger partial charge on any atom is -0.452 e. The smallest absolute Gasteiger partial charge is 0.338 e. The second-order valence-electron chi connectivity index (χ2n) is 16.3. The molecule has 352 valence electrons. The van der Waals surface area contributed by atoms with Crippen molar-refractivity contribution in [2.45, 2.75) is 80.7 Å². The zero-order valence-corrected chi connectivity index (χ0v) is 38.4. The van der Waals surface area contributed by atoms with Crippen LogP contribution >= 0.6 is 11.8 Å². The van der Waals surface area contributed by atoms with E-state index < -0.39 is 72.4 Å². The van der Waals surface area contributed by atoms with Gasteiger partial charge in [-0.1, -0.05) is 146 Å². The number of hydrogen-bond acceptors (Lipinski definition) is 13. The highest BCUT2D eigenvalue weighted by Crippen LogP contribution is 2.37. The molecule has 6 aromatic rings. The lowest BCUT2D eigenvalue weighted by Crippen LogP contribution is -2.62.